The Bertz CT molecular complexity index is 369. The first-order valence-corrected chi connectivity index (χ1v) is 6.04. The molecule has 0 aliphatic carbocycles. The summed E-state index contributed by atoms with van der Waals surface area (Å²) in [6.45, 7) is 2.21. The van der Waals surface area contributed by atoms with Crippen LogP contribution in [0.2, 0.25) is 0 Å². The number of rotatable bonds is 5. The number of nitrogens with one attached hydrogen (secondary N) is 3. The Morgan fingerprint density at radius 1 is 1.29 bits per heavy atom. The van der Waals surface area contributed by atoms with E-state index in [2.05, 4.69) is 24.7 Å². The molecule has 0 heterocycles. The van der Waals surface area contributed by atoms with Crippen LogP contribution in [0.5, 0.6) is 0 Å². The van der Waals surface area contributed by atoms with Crippen molar-refractivity contribution in [2.45, 2.75) is 6.54 Å². The van der Waals surface area contributed by atoms with E-state index in [-0.39, 0.29) is 5.82 Å². The van der Waals surface area contributed by atoms with Gasteiger partial charge in [-0.25, -0.2) is 4.39 Å². The summed E-state index contributed by atoms with van der Waals surface area (Å²) in [7, 11) is 4.16. The van der Waals surface area contributed by atoms with Crippen molar-refractivity contribution in [3.05, 3.63) is 35.6 Å². The van der Waals surface area contributed by atoms with E-state index in [1.54, 1.807) is 12.1 Å². The van der Waals surface area contributed by atoms with Crippen molar-refractivity contribution in [3.63, 3.8) is 0 Å². The molecule has 0 spiro atoms. The van der Waals surface area contributed by atoms with E-state index in [1.165, 1.54) is 11.0 Å². The summed E-state index contributed by atoms with van der Waals surface area (Å²) in [6.07, 6.45) is 0. The zero-order valence-electron chi connectivity index (χ0n) is 10.2. The molecule has 0 saturated carbocycles. The van der Waals surface area contributed by atoms with Crippen LogP contribution in [-0.4, -0.2) is 32.3 Å². The molecule has 0 saturated heterocycles. The van der Waals surface area contributed by atoms with Crippen LogP contribution < -0.4 is 15.5 Å². The summed E-state index contributed by atoms with van der Waals surface area (Å²) in [6, 6.07) is 6.68. The third-order valence-corrected chi connectivity index (χ3v) is 2.60. The van der Waals surface area contributed by atoms with Gasteiger partial charge in [0.15, 0.2) is 5.11 Å². The lowest BCUT2D eigenvalue weighted by atomic mass is 10.2. The van der Waals surface area contributed by atoms with Crippen molar-refractivity contribution in [1.82, 2.24) is 10.6 Å². The van der Waals surface area contributed by atoms with Gasteiger partial charge in [0.2, 0.25) is 0 Å². The molecule has 0 atom stereocenters. The summed E-state index contributed by atoms with van der Waals surface area (Å²) in [5.41, 5.74) is 0.620. The van der Waals surface area contributed by atoms with Crippen LogP contribution in [0, 0.1) is 5.82 Å². The molecule has 3 N–H and O–H groups in total. The molecular weight excluding hydrogens is 237 g/mol. The number of halogens is 1. The van der Waals surface area contributed by atoms with Crippen LogP contribution in [0.15, 0.2) is 24.3 Å². The smallest absolute Gasteiger partial charge is 0.166 e. The fraction of sp³-hybridized carbons (Fsp3) is 0.417. The van der Waals surface area contributed by atoms with Gasteiger partial charge in [-0.15, -0.1) is 0 Å². The SMILES string of the molecule is C[NH+](C)CCNC(=S)NCc1ccccc1F. The monoisotopic (exact) mass is 256 g/mol. The molecule has 0 aliphatic heterocycles. The maximum atomic E-state index is 13.3. The second kappa shape index (κ2) is 7.19. The molecule has 94 valence electrons. The molecular formula is C12H19FN3S+. The number of hydrogen-bond acceptors (Lipinski definition) is 1. The largest absolute Gasteiger partial charge is 0.359 e. The molecule has 5 heteroatoms. The van der Waals surface area contributed by atoms with Gasteiger partial charge in [0.05, 0.1) is 27.2 Å². The normalized spacial score (nSPS) is 10.4. The van der Waals surface area contributed by atoms with E-state index in [1.807, 2.05) is 6.07 Å². The van der Waals surface area contributed by atoms with Gasteiger partial charge in [0.1, 0.15) is 5.82 Å². The van der Waals surface area contributed by atoms with Crippen molar-refractivity contribution < 1.29 is 9.29 Å². The van der Waals surface area contributed by atoms with Crippen LogP contribution in [0.4, 0.5) is 4.39 Å². The van der Waals surface area contributed by atoms with E-state index in [9.17, 15) is 4.39 Å². The lowest BCUT2D eigenvalue weighted by Gasteiger charge is -2.12. The van der Waals surface area contributed by atoms with Gasteiger partial charge >= 0.3 is 0 Å². The molecule has 0 amide bonds. The molecule has 3 nitrogen and oxygen atoms in total. The average Bonchev–Trinajstić information content (AvgIpc) is 2.27. The van der Waals surface area contributed by atoms with Crippen molar-refractivity contribution in [2.24, 2.45) is 0 Å². The Morgan fingerprint density at radius 3 is 2.65 bits per heavy atom. The highest BCUT2D eigenvalue weighted by atomic mass is 32.1. The van der Waals surface area contributed by atoms with Crippen molar-refractivity contribution in [2.75, 3.05) is 27.2 Å². The molecule has 0 unspecified atom stereocenters. The lowest BCUT2D eigenvalue weighted by Crippen LogP contribution is -3.06. The van der Waals surface area contributed by atoms with Crippen molar-refractivity contribution >= 4 is 17.3 Å². The van der Waals surface area contributed by atoms with E-state index in [0.29, 0.717) is 17.2 Å². The first-order valence-electron chi connectivity index (χ1n) is 5.63. The summed E-state index contributed by atoms with van der Waals surface area (Å²) >= 11 is 5.09. The highest BCUT2D eigenvalue weighted by Gasteiger charge is 2.01. The van der Waals surface area contributed by atoms with Crippen LogP contribution >= 0.6 is 12.2 Å². The minimum absolute atomic E-state index is 0.208. The van der Waals surface area contributed by atoms with E-state index < -0.39 is 0 Å². The maximum Gasteiger partial charge on any atom is 0.166 e. The molecule has 0 fully saturated rings. The predicted molar refractivity (Wildman–Crippen MR) is 71.5 cm³/mol. The zero-order valence-corrected chi connectivity index (χ0v) is 11.0. The Hall–Kier alpha value is -1.20. The molecule has 17 heavy (non-hydrogen) atoms. The van der Waals surface area contributed by atoms with Gasteiger partial charge in [0, 0.05) is 12.1 Å². The third kappa shape index (κ3) is 5.60. The average molecular weight is 256 g/mol. The number of benzene rings is 1. The quantitative estimate of drug-likeness (QED) is 0.644. The third-order valence-electron chi connectivity index (χ3n) is 2.31. The van der Waals surface area contributed by atoms with Gasteiger partial charge in [-0.1, -0.05) is 18.2 Å². The second-order valence-corrected chi connectivity index (χ2v) is 4.57. The Kier molecular flexibility index (Phi) is 5.86. The van der Waals surface area contributed by atoms with Crippen LogP contribution in [0.1, 0.15) is 5.56 Å². The molecule has 0 radical (unpaired) electrons. The fourth-order valence-electron chi connectivity index (χ4n) is 1.31. The van der Waals surface area contributed by atoms with Crippen LogP contribution in [-0.2, 0) is 6.54 Å². The summed E-state index contributed by atoms with van der Waals surface area (Å²) in [5.74, 6) is -0.208. The van der Waals surface area contributed by atoms with Crippen molar-refractivity contribution in [3.8, 4) is 0 Å². The Labute approximate surface area is 107 Å². The minimum atomic E-state index is -0.208. The summed E-state index contributed by atoms with van der Waals surface area (Å²) in [5, 5.41) is 6.63. The molecule has 1 aromatic rings. The van der Waals surface area contributed by atoms with Gasteiger partial charge < -0.3 is 15.5 Å². The number of quaternary nitrogens is 1. The number of likely N-dealkylation sites (N-methyl/N-ethyl adjacent to an activating group) is 1. The minimum Gasteiger partial charge on any atom is -0.359 e. The maximum absolute atomic E-state index is 13.3. The molecule has 1 aromatic carbocycles. The van der Waals surface area contributed by atoms with Gasteiger partial charge in [-0.05, 0) is 18.3 Å². The zero-order chi connectivity index (χ0) is 12.7. The fourth-order valence-corrected chi connectivity index (χ4v) is 1.48. The summed E-state index contributed by atoms with van der Waals surface area (Å²) < 4.78 is 13.3. The number of hydrogen-bond donors (Lipinski definition) is 3. The molecule has 1 rings (SSSR count). The molecule has 0 aliphatic rings. The highest BCUT2D eigenvalue weighted by molar-refractivity contribution is 7.80. The molecule has 0 bridgehead atoms. The molecule has 0 aromatic heterocycles. The van der Waals surface area contributed by atoms with Gasteiger partial charge in [0.25, 0.3) is 0 Å². The first-order chi connectivity index (χ1) is 8.09. The van der Waals surface area contributed by atoms with E-state index >= 15 is 0 Å². The Morgan fingerprint density at radius 2 is 2.00 bits per heavy atom. The number of thiocarbonyl (C=S) groups is 1. The van der Waals surface area contributed by atoms with Crippen LogP contribution in [0.3, 0.4) is 0 Å². The van der Waals surface area contributed by atoms with Crippen LogP contribution in [0.25, 0.3) is 0 Å². The Balaban J connectivity index is 2.26. The lowest BCUT2D eigenvalue weighted by molar-refractivity contribution is -0.856. The standard InChI is InChI=1S/C12H18FN3S/c1-16(2)8-7-14-12(17)15-9-10-5-3-4-6-11(10)13/h3-6H,7-9H2,1-2H3,(H2,14,15,17)/p+1. The van der Waals surface area contributed by atoms with E-state index in [4.69, 9.17) is 12.2 Å². The van der Waals surface area contributed by atoms with Crippen molar-refractivity contribution in [1.29, 1.82) is 0 Å². The van der Waals surface area contributed by atoms with E-state index in [0.717, 1.165) is 13.1 Å². The van der Waals surface area contributed by atoms with Gasteiger partial charge in [-0.2, -0.15) is 0 Å². The first kappa shape index (κ1) is 13.9. The second-order valence-electron chi connectivity index (χ2n) is 4.16. The highest BCUT2D eigenvalue weighted by Crippen LogP contribution is 2.04. The topological polar surface area (TPSA) is 28.5 Å². The summed E-state index contributed by atoms with van der Waals surface area (Å²) in [4.78, 5) is 1.36. The predicted octanol–water partition coefficient (Wildman–Crippen LogP) is -0.0657. The van der Waals surface area contributed by atoms with Gasteiger partial charge in [-0.3, -0.25) is 0 Å².